The molecule has 0 fully saturated rings. The van der Waals surface area contributed by atoms with Crippen molar-refractivity contribution in [2.45, 2.75) is 18.7 Å². The van der Waals surface area contributed by atoms with Crippen LogP contribution in [-0.2, 0) is 11.8 Å². The van der Waals surface area contributed by atoms with Crippen molar-refractivity contribution in [3.8, 4) is 0 Å². The van der Waals surface area contributed by atoms with E-state index in [1.165, 1.54) is 11.1 Å². The lowest BCUT2D eigenvalue weighted by atomic mass is 10.1. The average Bonchev–Trinajstić information content (AvgIpc) is 2.04. The summed E-state index contributed by atoms with van der Waals surface area (Å²) in [5, 5.41) is 1.74. The Hall–Kier alpha value is -0.0100. The molecule has 0 nitrogen and oxygen atoms in total. The predicted molar refractivity (Wildman–Crippen MR) is 53.5 cm³/mol. The maximum absolute atomic E-state index is 5.84. The molecule has 60 valence electrons. The van der Waals surface area contributed by atoms with Crippen molar-refractivity contribution < 1.29 is 0 Å². The maximum Gasteiger partial charge on any atom is 0.0408 e. The van der Waals surface area contributed by atoms with E-state index in [2.05, 4.69) is 28.9 Å². The Morgan fingerprint density at radius 1 is 1.36 bits per heavy atom. The fourth-order valence-electron chi connectivity index (χ4n) is 1.05. The summed E-state index contributed by atoms with van der Waals surface area (Å²) in [5.74, 6) is 0. The first kappa shape index (κ1) is 9.08. The highest BCUT2D eigenvalue weighted by molar-refractivity contribution is 9.08. The first-order valence-corrected chi connectivity index (χ1v) is 5.11. The molecular weight excluding hydrogens is 223 g/mol. The summed E-state index contributed by atoms with van der Waals surface area (Å²) < 4.78 is 0. The van der Waals surface area contributed by atoms with Crippen molar-refractivity contribution in [2.75, 3.05) is 0 Å². The Balaban J connectivity index is 3.06. The van der Waals surface area contributed by atoms with E-state index in [4.69, 9.17) is 11.6 Å². The summed E-state index contributed by atoms with van der Waals surface area (Å²) in [4.78, 5) is 0. The SMILES string of the molecule is CCc1cc(Cl)ccc1CBr. The van der Waals surface area contributed by atoms with Crippen LogP contribution < -0.4 is 0 Å². The second-order valence-electron chi connectivity index (χ2n) is 2.40. The van der Waals surface area contributed by atoms with Crippen molar-refractivity contribution in [1.29, 1.82) is 0 Å². The van der Waals surface area contributed by atoms with Crippen molar-refractivity contribution in [3.63, 3.8) is 0 Å². The molecule has 0 spiro atoms. The van der Waals surface area contributed by atoms with Crippen LogP contribution >= 0.6 is 27.5 Å². The van der Waals surface area contributed by atoms with Crippen LogP contribution in [0.5, 0.6) is 0 Å². The highest BCUT2D eigenvalue weighted by Gasteiger charge is 1.98. The third-order valence-corrected chi connectivity index (χ3v) is 2.53. The van der Waals surface area contributed by atoms with Gasteiger partial charge in [0, 0.05) is 10.4 Å². The molecule has 1 aromatic rings. The van der Waals surface area contributed by atoms with Crippen LogP contribution in [0.15, 0.2) is 18.2 Å². The first-order chi connectivity index (χ1) is 5.27. The van der Waals surface area contributed by atoms with E-state index in [-0.39, 0.29) is 0 Å². The van der Waals surface area contributed by atoms with Gasteiger partial charge in [-0.15, -0.1) is 0 Å². The topological polar surface area (TPSA) is 0 Å². The molecule has 0 amide bonds. The van der Waals surface area contributed by atoms with E-state index in [1.54, 1.807) is 0 Å². The number of halogens is 2. The standard InChI is InChI=1S/C9H10BrCl/c1-2-7-5-9(11)4-3-8(7)6-10/h3-5H,2,6H2,1H3. The maximum atomic E-state index is 5.84. The minimum Gasteiger partial charge on any atom is -0.0876 e. The zero-order chi connectivity index (χ0) is 8.27. The molecule has 0 N–H and O–H groups in total. The number of hydrogen-bond donors (Lipinski definition) is 0. The highest BCUT2D eigenvalue weighted by Crippen LogP contribution is 2.18. The van der Waals surface area contributed by atoms with Gasteiger partial charge < -0.3 is 0 Å². The lowest BCUT2D eigenvalue weighted by molar-refractivity contribution is 1.10. The minimum atomic E-state index is 0.826. The van der Waals surface area contributed by atoms with Gasteiger partial charge in [0.25, 0.3) is 0 Å². The third kappa shape index (κ3) is 2.21. The third-order valence-electron chi connectivity index (χ3n) is 1.69. The van der Waals surface area contributed by atoms with Gasteiger partial charge >= 0.3 is 0 Å². The lowest BCUT2D eigenvalue weighted by Gasteiger charge is -2.03. The van der Waals surface area contributed by atoms with Crippen molar-refractivity contribution >= 4 is 27.5 Å². The normalized spacial score (nSPS) is 10.1. The molecule has 0 radical (unpaired) electrons. The van der Waals surface area contributed by atoms with Gasteiger partial charge in [0.05, 0.1) is 0 Å². The summed E-state index contributed by atoms with van der Waals surface area (Å²) in [6.07, 6.45) is 1.04. The van der Waals surface area contributed by atoms with Crippen molar-refractivity contribution in [2.24, 2.45) is 0 Å². The van der Waals surface area contributed by atoms with E-state index >= 15 is 0 Å². The van der Waals surface area contributed by atoms with Gasteiger partial charge in [0.1, 0.15) is 0 Å². The van der Waals surface area contributed by atoms with E-state index < -0.39 is 0 Å². The van der Waals surface area contributed by atoms with Crippen LogP contribution in [0.1, 0.15) is 18.1 Å². The molecule has 0 unspecified atom stereocenters. The molecule has 0 bridgehead atoms. The van der Waals surface area contributed by atoms with Crippen LogP contribution in [0.3, 0.4) is 0 Å². The molecule has 1 rings (SSSR count). The molecular formula is C9H10BrCl. The molecule has 0 aliphatic rings. The fourth-order valence-corrected chi connectivity index (χ4v) is 1.80. The molecule has 0 saturated carbocycles. The molecule has 11 heavy (non-hydrogen) atoms. The molecule has 0 aliphatic heterocycles. The van der Waals surface area contributed by atoms with Crippen LogP contribution in [0.4, 0.5) is 0 Å². The largest absolute Gasteiger partial charge is 0.0876 e. The molecule has 0 heterocycles. The van der Waals surface area contributed by atoms with Gasteiger partial charge in [-0.2, -0.15) is 0 Å². The second-order valence-corrected chi connectivity index (χ2v) is 3.40. The van der Waals surface area contributed by atoms with Crippen molar-refractivity contribution in [3.05, 3.63) is 34.3 Å². The van der Waals surface area contributed by atoms with Crippen LogP contribution in [0, 0.1) is 0 Å². The Bertz CT molecular complexity index is 245. The lowest BCUT2D eigenvalue weighted by Crippen LogP contribution is -1.87. The Morgan fingerprint density at radius 3 is 2.64 bits per heavy atom. The van der Waals surface area contributed by atoms with Crippen LogP contribution in [0.25, 0.3) is 0 Å². The van der Waals surface area contributed by atoms with Crippen LogP contribution in [0.2, 0.25) is 5.02 Å². The summed E-state index contributed by atoms with van der Waals surface area (Å²) in [5.41, 5.74) is 2.66. The average molecular weight is 234 g/mol. The zero-order valence-corrected chi connectivity index (χ0v) is 8.74. The smallest absolute Gasteiger partial charge is 0.0408 e. The molecule has 0 atom stereocenters. The van der Waals surface area contributed by atoms with E-state index in [0.29, 0.717) is 0 Å². The van der Waals surface area contributed by atoms with E-state index in [9.17, 15) is 0 Å². The van der Waals surface area contributed by atoms with E-state index in [0.717, 1.165) is 16.8 Å². The van der Waals surface area contributed by atoms with Gasteiger partial charge in [-0.3, -0.25) is 0 Å². The number of aryl methyl sites for hydroxylation is 1. The zero-order valence-electron chi connectivity index (χ0n) is 6.40. The van der Waals surface area contributed by atoms with E-state index in [1.807, 2.05) is 12.1 Å². The minimum absolute atomic E-state index is 0.826. The molecule has 0 saturated heterocycles. The first-order valence-electron chi connectivity index (χ1n) is 3.61. The summed E-state index contributed by atoms with van der Waals surface area (Å²) in [7, 11) is 0. The Kier molecular flexibility index (Phi) is 3.41. The Morgan fingerprint density at radius 2 is 2.09 bits per heavy atom. The molecule has 0 aliphatic carbocycles. The monoisotopic (exact) mass is 232 g/mol. The highest BCUT2D eigenvalue weighted by atomic mass is 79.9. The molecule has 2 heteroatoms. The molecule has 0 aromatic heterocycles. The second kappa shape index (κ2) is 4.13. The summed E-state index contributed by atoms with van der Waals surface area (Å²) in [6.45, 7) is 2.14. The fraction of sp³-hybridized carbons (Fsp3) is 0.333. The molecule has 1 aromatic carbocycles. The summed E-state index contributed by atoms with van der Waals surface area (Å²) >= 11 is 9.27. The van der Waals surface area contributed by atoms with Crippen LogP contribution in [-0.4, -0.2) is 0 Å². The van der Waals surface area contributed by atoms with Gasteiger partial charge in [0.15, 0.2) is 0 Å². The van der Waals surface area contributed by atoms with Crippen molar-refractivity contribution in [1.82, 2.24) is 0 Å². The van der Waals surface area contributed by atoms with Gasteiger partial charge in [-0.1, -0.05) is 40.5 Å². The van der Waals surface area contributed by atoms with Gasteiger partial charge in [0.2, 0.25) is 0 Å². The predicted octanol–water partition coefficient (Wildman–Crippen LogP) is 3.80. The van der Waals surface area contributed by atoms with Gasteiger partial charge in [-0.25, -0.2) is 0 Å². The quantitative estimate of drug-likeness (QED) is 0.682. The van der Waals surface area contributed by atoms with Gasteiger partial charge in [-0.05, 0) is 29.7 Å². The number of alkyl halides is 1. The Labute approximate surface area is 80.7 Å². The number of hydrogen-bond acceptors (Lipinski definition) is 0. The number of benzene rings is 1. The number of rotatable bonds is 2. The summed E-state index contributed by atoms with van der Waals surface area (Å²) in [6, 6.07) is 6.02.